The van der Waals surface area contributed by atoms with Crippen LogP contribution in [0.15, 0.2) is 12.1 Å². The Morgan fingerprint density at radius 1 is 1.18 bits per heavy atom. The van der Waals surface area contributed by atoms with Crippen LogP contribution in [0.25, 0.3) is 0 Å². The molecule has 0 radical (unpaired) electrons. The topological polar surface area (TPSA) is 18.5 Å². The van der Waals surface area contributed by atoms with Gasteiger partial charge in [0.2, 0.25) is 0 Å². The predicted molar refractivity (Wildman–Crippen MR) is 70.7 cm³/mol. The van der Waals surface area contributed by atoms with Crippen molar-refractivity contribution in [3.8, 4) is 23.8 Å². The Labute approximate surface area is 104 Å². The smallest absolute Gasteiger partial charge is 0.165 e. The van der Waals surface area contributed by atoms with Crippen LogP contribution in [0, 0.1) is 12.3 Å². The number of terminal acetylenes is 1. The lowest BCUT2D eigenvalue weighted by atomic mass is 10.00. The Morgan fingerprint density at radius 3 is 2.47 bits per heavy atom. The van der Waals surface area contributed by atoms with E-state index in [-0.39, 0.29) is 0 Å². The van der Waals surface area contributed by atoms with Crippen LogP contribution in [0.5, 0.6) is 11.5 Å². The van der Waals surface area contributed by atoms with E-state index in [4.69, 9.17) is 15.9 Å². The summed E-state index contributed by atoms with van der Waals surface area (Å²) in [4.78, 5) is 0. The SMILES string of the molecule is C#Cc1ccc(OC)c(OC)c1CCCCC. The number of ether oxygens (including phenoxy) is 2. The third-order valence-electron chi connectivity index (χ3n) is 2.83. The van der Waals surface area contributed by atoms with E-state index in [1.807, 2.05) is 12.1 Å². The number of hydrogen-bond acceptors (Lipinski definition) is 2. The highest BCUT2D eigenvalue weighted by Gasteiger charge is 2.13. The fraction of sp³-hybridized carbons (Fsp3) is 0.467. The molecule has 2 heteroatoms. The van der Waals surface area contributed by atoms with Crippen molar-refractivity contribution in [1.29, 1.82) is 0 Å². The Morgan fingerprint density at radius 2 is 1.94 bits per heavy atom. The molecule has 0 heterocycles. The van der Waals surface area contributed by atoms with Gasteiger partial charge in [0.1, 0.15) is 0 Å². The molecule has 0 aliphatic rings. The van der Waals surface area contributed by atoms with Gasteiger partial charge in [-0.3, -0.25) is 0 Å². The van der Waals surface area contributed by atoms with Gasteiger partial charge >= 0.3 is 0 Å². The minimum absolute atomic E-state index is 0.748. The highest BCUT2D eigenvalue weighted by atomic mass is 16.5. The molecule has 0 bridgehead atoms. The van der Waals surface area contributed by atoms with Gasteiger partial charge in [-0.2, -0.15) is 0 Å². The standard InChI is InChI=1S/C15H20O2/c1-5-7-8-9-13-12(6-2)10-11-14(16-3)15(13)17-4/h2,10-11H,5,7-9H2,1,3-4H3. The van der Waals surface area contributed by atoms with Crippen molar-refractivity contribution in [1.82, 2.24) is 0 Å². The molecular formula is C15H20O2. The van der Waals surface area contributed by atoms with Gasteiger partial charge in [0, 0.05) is 11.1 Å². The third-order valence-corrected chi connectivity index (χ3v) is 2.83. The molecule has 0 aliphatic heterocycles. The van der Waals surface area contributed by atoms with E-state index in [0.717, 1.165) is 35.5 Å². The first kappa shape index (κ1) is 13.4. The van der Waals surface area contributed by atoms with Crippen molar-refractivity contribution < 1.29 is 9.47 Å². The lowest BCUT2D eigenvalue weighted by molar-refractivity contribution is 0.351. The van der Waals surface area contributed by atoms with Gasteiger partial charge in [0.15, 0.2) is 11.5 Å². The summed E-state index contributed by atoms with van der Waals surface area (Å²) in [5.74, 6) is 4.24. The monoisotopic (exact) mass is 232 g/mol. The highest BCUT2D eigenvalue weighted by molar-refractivity contribution is 5.55. The van der Waals surface area contributed by atoms with Gasteiger partial charge in [-0.05, 0) is 25.0 Å². The van der Waals surface area contributed by atoms with Crippen LogP contribution in [0.3, 0.4) is 0 Å². The maximum Gasteiger partial charge on any atom is 0.165 e. The van der Waals surface area contributed by atoms with Gasteiger partial charge in [0.25, 0.3) is 0 Å². The summed E-state index contributed by atoms with van der Waals surface area (Å²) in [6.45, 7) is 2.19. The average Bonchev–Trinajstić information content (AvgIpc) is 2.38. The largest absolute Gasteiger partial charge is 0.493 e. The van der Waals surface area contributed by atoms with Gasteiger partial charge < -0.3 is 9.47 Å². The van der Waals surface area contributed by atoms with Crippen LogP contribution >= 0.6 is 0 Å². The Hall–Kier alpha value is -1.62. The molecule has 1 aromatic carbocycles. The van der Waals surface area contributed by atoms with Crippen LogP contribution in [0.1, 0.15) is 37.3 Å². The summed E-state index contributed by atoms with van der Waals surface area (Å²) in [5.41, 5.74) is 1.99. The Bertz CT molecular complexity index is 402. The second kappa shape index (κ2) is 6.85. The zero-order valence-corrected chi connectivity index (χ0v) is 10.9. The van der Waals surface area contributed by atoms with Crippen molar-refractivity contribution in [2.45, 2.75) is 32.6 Å². The van der Waals surface area contributed by atoms with Crippen molar-refractivity contribution in [3.63, 3.8) is 0 Å². The summed E-state index contributed by atoms with van der Waals surface area (Å²) < 4.78 is 10.7. The molecule has 1 rings (SSSR count). The van der Waals surface area contributed by atoms with Crippen molar-refractivity contribution in [2.24, 2.45) is 0 Å². The summed E-state index contributed by atoms with van der Waals surface area (Å²) >= 11 is 0. The number of hydrogen-bond donors (Lipinski definition) is 0. The maximum absolute atomic E-state index is 5.52. The Balaban J connectivity index is 3.07. The van der Waals surface area contributed by atoms with Gasteiger partial charge in [-0.15, -0.1) is 6.42 Å². The second-order valence-corrected chi connectivity index (χ2v) is 3.93. The molecule has 0 unspecified atom stereocenters. The van der Waals surface area contributed by atoms with E-state index in [1.54, 1.807) is 14.2 Å². The number of unbranched alkanes of at least 4 members (excludes halogenated alkanes) is 2. The van der Waals surface area contributed by atoms with E-state index in [9.17, 15) is 0 Å². The number of benzene rings is 1. The first-order valence-electron chi connectivity index (χ1n) is 5.98. The summed E-state index contributed by atoms with van der Waals surface area (Å²) in [6.07, 6.45) is 9.97. The normalized spacial score (nSPS) is 9.76. The fourth-order valence-electron chi connectivity index (χ4n) is 1.93. The van der Waals surface area contributed by atoms with Gasteiger partial charge in [0.05, 0.1) is 14.2 Å². The molecule has 1 aromatic rings. The summed E-state index contributed by atoms with van der Waals surface area (Å²) in [7, 11) is 3.30. The molecule has 0 N–H and O–H groups in total. The lowest BCUT2D eigenvalue weighted by Gasteiger charge is -2.14. The zero-order valence-electron chi connectivity index (χ0n) is 10.9. The number of methoxy groups -OCH3 is 2. The van der Waals surface area contributed by atoms with Crippen molar-refractivity contribution in [2.75, 3.05) is 14.2 Å². The molecule has 0 spiro atoms. The minimum Gasteiger partial charge on any atom is -0.493 e. The average molecular weight is 232 g/mol. The van der Waals surface area contributed by atoms with Gasteiger partial charge in [-0.1, -0.05) is 25.7 Å². The van der Waals surface area contributed by atoms with E-state index >= 15 is 0 Å². The first-order chi connectivity index (χ1) is 8.28. The second-order valence-electron chi connectivity index (χ2n) is 3.93. The molecule has 0 aliphatic carbocycles. The summed E-state index contributed by atoms with van der Waals surface area (Å²) in [6, 6.07) is 3.78. The van der Waals surface area contributed by atoms with E-state index in [2.05, 4.69) is 12.8 Å². The van der Waals surface area contributed by atoms with Crippen LogP contribution in [0.4, 0.5) is 0 Å². The van der Waals surface area contributed by atoms with Gasteiger partial charge in [-0.25, -0.2) is 0 Å². The number of rotatable bonds is 6. The third kappa shape index (κ3) is 3.17. The van der Waals surface area contributed by atoms with E-state index in [0.29, 0.717) is 0 Å². The minimum atomic E-state index is 0.748. The van der Waals surface area contributed by atoms with E-state index in [1.165, 1.54) is 12.8 Å². The zero-order chi connectivity index (χ0) is 12.7. The lowest BCUT2D eigenvalue weighted by Crippen LogP contribution is -1.99. The molecule has 0 atom stereocenters. The molecule has 0 saturated heterocycles. The maximum atomic E-state index is 5.52. The Kier molecular flexibility index (Phi) is 5.42. The van der Waals surface area contributed by atoms with Crippen LogP contribution in [0.2, 0.25) is 0 Å². The van der Waals surface area contributed by atoms with E-state index < -0.39 is 0 Å². The molecule has 0 aromatic heterocycles. The molecule has 0 fully saturated rings. The van der Waals surface area contributed by atoms with Crippen LogP contribution in [-0.2, 0) is 6.42 Å². The molecule has 2 nitrogen and oxygen atoms in total. The summed E-state index contributed by atoms with van der Waals surface area (Å²) in [5, 5.41) is 0. The molecule has 17 heavy (non-hydrogen) atoms. The molecule has 92 valence electrons. The van der Waals surface area contributed by atoms with Crippen LogP contribution < -0.4 is 9.47 Å². The van der Waals surface area contributed by atoms with Crippen molar-refractivity contribution in [3.05, 3.63) is 23.3 Å². The first-order valence-corrected chi connectivity index (χ1v) is 5.98. The molecule has 0 amide bonds. The molecular weight excluding hydrogens is 212 g/mol. The predicted octanol–water partition coefficient (Wildman–Crippen LogP) is 3.42. The highest BCUT2D eigenvalue weighted by Crippen LogP contribution is 2.34. The fourth-order valence-corrected chi connectivity index (χ4v) is 1.93. The molecule has 0 saturated carbocycles. The van der Waals surface area contributed by atoms with Crippen LogP contribution in [-0.4, -0.2) is 14.2 Å². The quantitative estimate of drug-likeness (QED) is 0.552. The van der Waals surface area contributed by atoms with Crippen molar-refractivity contribution >= 4 is 0 Å².